The molecule has 0 saturated carbocycles. The van der Waals surface area contributed by atoms with Gasteiger partial charge < -0.3 is 5.32 Å². The standard InChI is InChI=1S/C11H12Cl2FNS/c1-6-10(2-3-16-6)15-7-4-8(12)11(14)9(13)5-7/h4-6,10,15H,2-3H2,1H3. The molecule has 1 saturated heterocycles. The summed E-state index contributed by atoms with van der Waals surface area (Å²) in [6.45, 7) is 2.18. The quantitative estimate of drug-likeness (QED) is 0.804. The van der Waals surface area contributed by atoms with Gasteiger partial charge in [-0.25, -0.2) is 4.39 Å². The molecule has 1 nitrogen and oxygen atoms in total. The van der Waals surface area contributed by atoms with Gasteiger partial charge in [0, 0.05) is 17.0 Å². The molecular formula is C11H12Cl2FNS. The molecular weight excluding hydrogens is 268 g/mol. The summed E-state index contributed by atoms with van der Waals surface area (Å²) in [4.78, 5) is 0. The number of benzene rings is 1. The summed E-state index contributed by atoms with van der Waals surface area (Å²) < 4.78 is 13.2. The van der Waals surface area contributed by atoms with Crippen molar-refractivity contribution in [2.45, 2.75) is 24.6 Å². The number of thioether (sulfide) groups is 1. The van der Waals surface area contributed by atoms with E-state index >= 15 is 0 Å². The van der Waals surface area contributed by atoms with Gasteiger partial charge in [0.05, 0.1) is 10.0 Å². The van der Waals surface area contributed by atoms with Gasteiger partial charge in [-0.05, 0) is 24.3 Å². The zero-order chi connectivity index (χ0) is 11.7. The number of nitrogens with one attached hydrogen (secondary N) is 1. The molecule has 0 aromatic heterocycles. The minimum absolute atomic E-state index is 0.0632. The number of hydrogen-bond acceptors (Lipinski definition) is 2. The molecule has 2 rings (SSSR count). The molecule has 1 heterocycles. The zero-order valence-corrected chi connectivity index (χ0v) is 11.1. The fraction of sp³-hybridized carbons (Fsp3) is 0.455. The fourth-order valence-corrected chi connectivity index (χ4v) is 3.46. The first-order valence-corrected chi connectivity index (χ1v) is 6.91. The molecule has 16 heavy (non-hydrogen) atoms. The third kappa shape index (κ3) is 2.58. The summed E-state index contributed by atoms with van der Waals surface area (Å²) >= 11 is 13.4. The largest absolute Gasteiger partial charge is 0.381 e. The second-order valence-electron chi connectivity index (χ2n) is 3.87. The maximum Gasteiger partial charge on any atom is 0.160 e. The summed E-state index contributed by atoms with van der Waals surface area (Å²) in [7, 11) is 0. The van der Waals surface area contributed by atoms with Crippen LogP contribution in [0.4, 0.5) is 10.1 Å². The number of halogens is 3. The molecule has 1 fully saturated rings. The Morgan fingerprint density at radius 2 is 2.00 bits per heavy atom. The van der Waals surface area contributed by atoms with E-state index in [-0.39, 0.29) is 10.0 Å². The van der Waals surface area contributed by atoms with Crippen molar-refractivity contribution < 1.29 is 4.39 Å². The average molecular weight is 280 g/mol. The van der Waals surface area contributed by atoms with Crippen molar-refractivity contribution in [1.82, 2.24) is 0 Å². The van der Waals surface area contributed by atoms with Gasteiger partial charge in [-0.2, -0.15) is 11.8 Å². The van der Waals surface area contributed by atoms with E-state index in [4.69, 9.17) is 23.2 Å². The fourth-order valence-electron chi connectivity index (χ4n) is 1.77. The lowest BCUT2D eigenvalue weighted by molar-refractivity contribution is 0.628. The highest BCUT2D eigenvalue weighted by molar-refractivity contribution is 8.00. The Morgan fingerprint density at radius 1 is 1.38 bits per heavy atom. The van der Waals surface area contributed by atoms with E-state index in [9.17, 15) is 4.39 Å². The Labute approximate surface area is 109 Å². The van der Waals surface area contributed by atoms with E-state index in [0.29, 0.717) is 11.3 Å². The van der Waals surface area contributed by atoms with E-state index in [1.807, 2.05) is 11.8 Å². The highest BCUT2D eigenvalue weighted by atomic mass is 35.5. The van der Waals surface area contributed by atoms with Gasteiger partial charge in [-0.3, -0.25) is 0 Å². The van der Waals surface area contributed by atoms with Gasteiger partial charge in [-0.1, -0.05) is 30.1 Å². The maximum absolute atomic E-state index is 13.2. The molecule has 0 aliphatic carbocycles. The third-order valence-corrected chi connectivity index (χ3v) is 4.59. The van der Waals surface area contributed by atoms with E-state index in [0.717, 1.165) is 17.9 Å². The summed E-state index contributed by atoms with van der Waals surface area (Å²) in [5.41, 5.74) is 0.788. The molecule has 1 aromatic carbocycles. The van der Waals surface area contributed by atoms with Crippen molar-refractivity contribution in [3.8, 4) is 0 Å². The van der Waals surface area contributed by atoms with Crippen LogP contribution in [0.3, 0.4) is 0 Å². The van der Waals surface area contributed by atoms with E-state index in [1.165, 1.54) is 0 Å². The molecule has 0 amide bonds. The van der Waals surface area contributed by atoms with Gasteiger partial charge >= 0.3 is 0 Å². The number of hydrogen-bond donors (Lipinski definition) is 1. The second-order valence-corrected chi connectivity index (χ2v) is 6.17. The molecule has 2 atom stereocenters. The van der Waals surface area contributed by atoms with Crippen molar-refractivity contribution in [3.05, 3.63) is 28.0 Å². The predicted molar refractivity (Wildman–Crippen MR) is 70.4 cm³/mol. The van der Waals surface area contributed by atoms with Crippen molar-refractivity contribution in [1.29, 1.82) is 0 Å². The first kappa shape index (κ1) is 12.3. The summed E-state index contributed by atoms with van der Waals surface area (Å²) in [6, 6.07) is 3.57. The van der Waals surface area contributed by atoms with Crippen LogP contribution in [-0.4, -0.2) is 17.0 Å². The summed E-state index contributed by atoms with van der Waals surface area (Å²) in [5.74, 6) is 0.601. The zero-order valence-electron chi connectivity index (χ0n) is 8.77. The van der Waals surface area contributed by atoms with Gasteiger partial charge in [0.2, 0.25) is 0 Å². The predicted octanol–water partition coefficient (Wildman–Crippen LogP) is 4.44. The van der Waals surface area contributed by atoms with Crippen LogP contribution in [0.25, 0.3) is 0 Å². The normalized spacial score (nSPS) is 24.8. The Kier molecular flexibility index (Phi) is 3.88. The summed E-state index contributed by atoms with van der Waals surface area (Å²) in [6.07, 6.45) is 1.11. The first-order chi connectivity index (χ1) is 7.58. The van der Waals surface area contributed by atoms with Gasteiger partial charge in [0.25, 0.3) is 0 Å². The first-order valence-electron chi connectivity index (χ1n) is 5.10. The van der Waals surface area contributed by atoms with Crippen molar-refractivity contribution in [2.24, 2.45) is 0 Å². The molecule has 0 bridgehead atoms. The highest BCUT2D eigenvalue weighted by Crippen LogP contribution is 2.32. The molecule has 5 heteroatoms. The van der Waals surface area contributed by atoms with Crippen molar-refractivity contribution in [2.75, 3.05) is 11.1 Å². The van der Waals surface area contributed by atoms with Crippen LogP contribution < -0.4 is 5.32 Å². The van der Waals surface area contributed by atoms with E-state index in [1.54, 1.807) is 12.1 Å². The van der Waals surface area contributed by atoms with Crippen LogP contribution in [-0.2, 0) is 0 Å². The summed E-state index contributed by atoms with van der Waals surface area (Å²) in [5, 5.41) is 4.03. The smallest absolute Gasteiger partial charge is 0.160 e. The van der Waals surface area contributed by atoms with Crippen LogP contribution in [0.15, 0.2) is 12.1 Å². The minimum Gasteiger partial charge on any atom is -0.381 e. The average Bonchev–Trinajstić information content (AvgIpc) is 2.61. The lowest BCUT2D eigenvalue weighted by Gasteiger charge is -2.18. The molecule has 88 valence electrons. The topological polar surface area (TPSA) is 12.0 Å². The molecule has 0 radical (unpaired) electrons. The molecule has 0 spiro atoms. The molecule has 1 aromatic rings. The van der Waals surface area contributed by atoms with E-state index in [2.05, 4.69) is 12.2 Å². The second kappa shape index (κ2) is 5.03. The Hall–Kier alpha value is -0.120. The van der Waals surface area contributed by atoms with Crippen LogP contribution >= 0.6 is 35.0 Å². The Morgan fingerprint density at radius 3 is 2.50 bits per heavy atom. The van der Waals surface area contributed by atoms with Crippen LogP contribution in [0.2, 0.25) is 10.0 Å². The highest BCUT2D eigenvalue weighted by Gasteiger charge is 2.24. The monoisotopic (exact) mass is 279 g/mol. The Bertz CT molecular complexity index is 377. The Balaban J connectivity index is 2.15. The molecule has 1 aliphatic rings. The van der Waals surface area contributed by atoms with Crippen LogP contribution in [0.1, 0.15) is 13.3 Å². The van der Waals surface area contributed by atoms with Crippen molar-refractivity contribution >= 4 is 40.7 Å². The number of anilines is 1. The SMILES string of the molecule is CC1SCCC1Nc1cc(Cl)c(F)c(Cl)c1. The van der Waals surface area contributed by atoms with E-state index < -0.39 is 5.82 Å². The molecule has 1 N–H and O–H groups in total. The molecule has 2 unspecified atom stereocenters. The van der Waals surface area contributed by atoms with Crippen molar-refractivity contribution in [3.63, 3.8) is 0 Å². The molecule has 1 aliphatic heterocycles. The van der Waals surface area contributed by atoms with Gasteiger partial charge in [0.15, 0.2) is 5.82 Å². The third-order valence-electron chi connectivity index (χ3n) is 2.71. The lowest BCUT2D eigenvalue weighted by atomic mass is 10.1. The van der Waals surface area contributed by atoms with Gasteiger partial charge in [-0.15, -0.1) is 0 Å². The number of rotatable bonds is 2. The van der Waals surface area contributed by atoms with Crippen LogP contribution in [0.5, 0.6) is 0 Å². The lowest BCUT2D eigenvalue weighted by Crippen LogP contribution is -2.24. The van der Waals surface area contributed by atoms with Crippen LogP contribution in [0, 0.1) is 5.82 Å². The minimum atomic E-state index is -0.553. The van der Waals surface area contributed by atoms with Gasteiger partial charge in [0.1, 0.15) is 0 Å². The maximum atomic E-state index is 13.2.